The lowest BCUT2D eigenvalue weighted by atomic mass is 10.1. The number of ether oxygens (including phenoxy) is 1. The van der Waals surface area contributed by atoms with Crippen molar-refractivity contribution in [2.75, 3.05) is 18.5 Å². The van der Waals surface area contributed by atoms with Gasteiger partial charge in [0, 0.05) is 12.1 Å². The van der Waals surface area contributed by atoms with Crippen LogP contribution in [0.4, 0.5) is 5.95 Å². The Labute approximate surface area is 125 Å². The Bertz CT molecular complexity index is 560. The van der Waals surface area contributed by atoms with E-state index >= 15 is 0 Å². The minimum atomic E-state index is 0.377. The summed E-state index contributed by atoms with van der Waals surface area (Å²) in [7, 11) is 0. The van der Waals surface area contributed by atoms with Crippen molar-refractivity contribution in [2.45, 2.75) is 33.6 Å². The summed E-state index contributed by atoms with van der Waals surface area (Å²) in [6.07, 6.45) is 1.93. The molecule has 0 spiro atoms. The van der Waals surface area contributed by atoms with Crippen molar-refractivity contribution in [3.63, 3.8) is 0 Å². The van der Waals surface area contributed by atoms with Crippen molar-refractivity contribution < 1.29 is 4.74 Å². The van der Waals surface area contributed by atoms with Gasteiger partial charge in [0.25, 0.3) is 0 Å². The Kier molecular flexibility index (Phi) is 5.49. The normalized spacial score (nSPS) is 10.4. The number of aromatic nitrogens is 3. The predicted molar refractivity (Wildman–Crippen MR) is 84.6 cm³/mol. The first-order valence-corrected chi connectivity index (χ1v) is 7.42. The third kappa shape index (κ3) is 4.41. The van der Waals surface area contributed by atoms with Crippen LogP contribution in [-0.2, 0) is 0 Å². The molecule has 1 aromatic heterocycles. The third-order valence-corrected chi connectivity index (χ3v) is 2.86. The number of benzene rings is 1. The molecule has 2 aromatic rings. The van der Waals surface area contributed by atoms with E-state index in [9.17, 15) is 0 Å². The van der Waals surface area contributed by atoms with E-state index in [1.54, 1.807) is 0 Å². The van der Waals surface area contributed by atoms with Gasteiger partial charge in [-0.15, -0.1) is 0 Å². The molecule has 0 atom stereocenters. The molecular weight excluding hydrogens is 264 g/mol. The van der Waals surface area contributed by atoms with E-state index in [1.807, 2.05) is 12.1 Å². The van der Waals surface area contributed by atoms with Gasteiger partial charge in [-0.05, 0) is 25.8 Å². The Morgan fingerprint density at radius 2 is 1.95 bits per heavy atom. The van der Waals surface area contributed by atoms with E-state index in [1.165, 1.54) is 5.56 Å². The summed E-state index contributed by atoms with van der Waals surface area (Å²) in [4.78, 5) is 13.2. The molecule has 1 N–H and O–H groups in total. The van der Waals surface area contributed by atoms with Crippen LogP contribution in [0, 0.1) is 6.92 Å². The lowest BCUT2D eigenvalue weighted by Crippen LogP contribution is -2.09. The molecule has 0 aliphatic rings. The Balaban J connectivity index is 2.33. The lowest BCUT2D eigenvalue weighted by molar-refractivity contribution is 0.292. The van der Waals surface area contributed by atoms with Crippen molar-refractivity contribution in [1.29, 1.82) is 0 Å². The molecule has 0 saturated carbocycles. The summed E-state index contributed by atoms with van der Waals surface area (Å²) < 4.78 is 5.57. The van der Waals surface area contributed by atoms with Crippen molar-refractivity contribution in [2.24, 2.45) is 0 Å². The predicted octanol–water partition coefficient (Wildman–Crippen LogP) is 3.46. The Morgan fingerprint density at radius 3 is 2.67 bits per heavy atom. The largest absolute Gasteiger partial charge is 0.463 e. The van der Waals surface area contributed by atoms with Crippen molar-refractivity contribution >= 4 is 5.95 Å². The molecule has 1 heterocycles. The van der Waals surface area contributed by atoms with E-state index in [4.69, 9.17) is 4.74 Å². The highest BCUT2D eigenvalue weighted by Crippen LogP contribution is 2.20. The maximum absolute atomic E-state index is 5.57. The molecule has 0 bridgehead atoms. The van der Waals surface area contributed by atoms with Gasteiger partial charge in [-0.3, -0.25) is 0 Å². The van der Waals surface area contributed by atoms with E-state index in [0.29, 0.717) is 24.4 Å². The molecule has 5 heteroatoms. The molecule has 0 aliphatic heterocycles. The smallest absolute Gasteiger partial charge is 0.321 e. The second-order valence-corrected chi connectivity index (χ2v) is 4.91. The van der Waals surface area contributed by atoms with Crippen LogP contribution in [0.3, 0.4) is 0 Å². The first-order valence-electron chi connectivity index (χ1n) is 7.42. The van der Waals surface area contributed by atoms with Crippen LogP contribution in [0.5, 0.6) is 6.01 Å². The highest BCUT2D eigenvalue weighted by molar-refractivity contribution is 5.57. The van der Waals surface area contributed by atoms with Gasteiger partial charge in [-0.2, -0.15) is 15.0 Å². The topological polar surface area (TPSA) is 59.9 Å². The zero-order valence-corrected chi connectivity index (χ0v) is 12.9. The summed E-state index contributed by atoms with van der Waals surface area (Å²) in [6, 6.07) is 8.48. The SMILES string of the molecule is CCCNc1nc(OCCC)nc(-c2cccc(C)c2)n1. The molecular formula is C16H22N4O. The first-order chi connectivity index (χ1) is 10.2. The zero-order chi connectivity index (χ0) is 15.1. The fourth-order valence-electron chi connectivity index (χ4n) is 1.84. The highest BCUT2D eigenvalue weighted by atomic mass is 16.5. The number of rotatable bonds is 7. The molecule has 112 valence electrons. The second kappa shape index (κ2) is 7.57. The summed E-state index contributed by atoms with van der Waals surface area (Å²) in [5, 5.41) is 3.19. The first kappa shape index (κ1) is 15.2. The van der Waals surface area contributed by atoms with E-state index in [-0.39, 0.29) is 0 Å². The Morgan fingerprint density at radius 1 is 1.10 bits per heavy atom. The number of nitrogens with one attached hydrogen (secondary N) is 1. The quantitative estimate of drug-likeness (QED) is 0.844. The molecule has 0 saturated heterocycles. The van der Waals surface area contributed by atoms with Gasteiger partial charge in [-0.25, -0.2) is 0 Å². The number of hydrogen-bond donors (Lipinski definition) is 1. The van der Waals surface area contributed by atoms with Gasteiger partial charge < -0.3 is 10.1 Å². The fourth-order valence-corrected chi connectivity index (χ4v) is 1.84. The molecule has 21 heavy (non-hydrogen) atoms. The number of hydrogen-bond acceptors (Lipinski definition) is 5. The van der Waals surface area contributed by atoms with Crippen LogP contribution in [-0.4, -0.2) is 28.1 Å². The number of aryl methyl sites for hydroxylation is 1. The van der Waals surface area contributed by atoms with E-state index < -0.39 is 0 Å². The summed E-state index contributed by atoms with van der Waals surface area (Å²) in [6.45, 7) is 7.63. The van der Waals surface area contributed by atoms with Gasteiger partial charge >= 0.3 is 6.01 Å². The maximum atomic E-state index is 5.57. The highest BCUT2D eigenvalue weighted by Gasteiger charge is 2.09. The van der Waals surface area contributed by atoms with Crippen LogP contribution < -0.4 is 10.1 Å². The van der Waals surface area contributed by atoms with Gasteiger partial charge in [0.05, 0.1) is 6.61 Å². The molecule has 0 unspecified atom stereocenters. The van der Waals surface area contributed by atoms with Crippen LogP contribution in [0.1, 0.15) is 32.3 Å². The molecule has 2 rings (SSSR count). The number of anilines is 1. The van der Waals surface area contributed by atoms with Gasteiger partial charge in [0.1, 0.15) is 0 Å². The van der Waals surface area contributed by atoms with Gasteiger partial charge in [0.15, 0.2) is 5.82 Å². The summed E-state index contributed by atoms with van der Waals surface area (Å²) >= 11 is 0. The van der Waals surface area contributed by atoms with Crippen molar-refractivity contribution in [1.82, 2.24) is 15.0 Å². The average Bonchev–Trinajstić information content (AvgIpc) is 2.50. The van der Waals surface area contributed by atoms with Crippen LogP contribution >= 0.6 is 0 Å². The van der Waals surface area contributed by atoms with E-state index in [0.717, 1.165) is 24.9 Å². The number of nitrogens with zero attached hydrogens (tertiary/aromatic N) is 3. The third-order valence-electron chi connectivity index (χ3n) is 2.86. The fraction of sp³-hybridized carbons (Fsp3) is 0.438. The Hall–Kier alpha value is -2.17. The lowest BCUT2D eigenvalue weighted by Gasteiger charge is -2.09. The van der Waals surface area contributed by atoms with Gasteiger partial charge in [-0.1, -0.05) is 37.6 Å². The molecule has 0 radical (unpaired) electrons. The molecule has 1 aromatic carbocycles. The van der Waals surface area contributed by atoms with Crippen LogP contribution in [0.25, 0.3) is 11.4 Å². The zero-order valence-electron chi connectivity index (χ0n) is 12.9. The second-order valence-electron chi connectivity index (χ2n) is 4.91. The van der Waals surface area contributed by atoms with Crippen LogP contribution in [0.2, 0.25) is 0 Å². The van der Waals surface area contributed by atoms with Gasteiger partial charge in [0.2, 0.25) is 5.95 Å². The van der Waals surface area contributed by atoms with Crippen LogP contribution in [0.15, 0.2) is 24.3 Å². The van der Waals surface area contributed by atoms with Crippen molar-refractivity contribution in [3.05, 3.63) is 29.8 Å². The average molecular weight is 286 g/mol. The maximum Gasteiger partial charge on any atom is 0.321 e. The molecule has 5 nitrogen and oxygen atoms in total. The molecule has 0 amide bonds. The minimum absolute atomic E-state index is 0.377. The summed E-state index contributed by atoms with van der Waals surface area (Å²) in [5.74, 6) is 1.20. The molecule has 0 aliphatic carbocycles. The van der Waals surface area contributed by atoms with Crippen molar-refractivity contribution in [3.8, 4) is 17.4 Å². The summed E-state index contributed by atoms with van der Waals surface area (Å²) in [5.41, 5.74) is 2.14. The standard InChI is InChI=1S/C16H22N4O/c1-4-9-17-15-18-14(13-8-6-7-12(3)11-13)19-16(20-15)21-10-5-2/h6-8,11H,4-5,9-10H2,1-3H3,(H,17,18,19,20). The minimum Gasteiger partial charge on any atom is -0.463 e. The monoisotopic (exact) mass is 286 g/mol. The van der Waals surface area contributed by atoms with E-state index in [2.05, 4.69) is 53.2 Å². The molecule has 0 fully saturated rings.